The Bertz CT molecular complexity index is 768. The number of hydrogen-bond acceptors (Lipinski definition) is 7. The average molecular weight is 406 g/mol. The van der Waals surface area contributed by atoms with E-state index in [9.17, 15) is 24.3 Å². The van der Waals surface area contributed by atoms with Crippen molar-refractivity contribution in [3.8, 4) is 0 Å². The fraction of sp³-hybridized carbons (Fsp3) is 0.421. The molecule has 0 saturated carbocycles. The van der Waals surface area contributed by atoms with Gasteiger partial charge in [-0.3, -0.25) is 14.4 Å². The summed E-state index contributed by atoms with van der Waals surface area (Å²) in [7, 11) is 0. The van der Waals surface area contributed by atoms with Crippen molar-refractivity contribution < 1.29 is 29.0 Å². The highest BCUT2D eigenvalue weighted by Crippen LogP contribution is 2.11. The molecule has 1 rings (SSSR count). The number of ether oxygens (including phenoxy) is 1. The SMILES string of the molecule is CC(C)(C)OC(=O)C[C@H](NC(=O)CCC(=O)Nc1ccc(C=NN)cc1)C(=O)O. The molecule has 10 heteroatoms. The van der Waals surface area contributed by atoms with Gasteiger partial charge >= 0.3 is 11.9 Å². The summed E-state index contributed by atoms with van der Waals surface area (Å²) in [5, 5.41) is 17.4. The van der Waals surface area contributed by atoms with Crippen LogP contribution in [0.2, 0.25) is 0 Å². The minimum atomic E-state index is -1.43. The Hall–Kier alpha value is -3.43. The van der Waals surface area contributed by atoms with E-state index in [1.807, 2.05) is 0 Å². The third-order valence-electron chi connectivity index (χ3n) is 3.42. The van der Waals surface area contributed by atoms with Gasteiger partial charge in [0.2, 0.25) is 11.8 Å². The first kappa shape index (κ1) is 23.6. The average Bonchev–Trinajstić information content (AvgIpc) is 2.59. The van der Waals surface area contributed by atoms with Gasteiger partial charge in [0.25, 0.3) is 0 Å². The van der Waals surface area contributed by atoms with E-state index in [1.165, 1.54) is 6.21 Å². The molecule has 2 amide bonds. The number of carboxylic acid groups (broad SMARTS) is 1. The molecule has 0 saturated heterocycles. The zero-order chi connectivity index (χ0) is 22.0. The molecule has 0 aliphatic carbocycles. The molecule has 10 nitrogen and oxygen atoms in total. The van der Waals surface area contributed by atoms with E-state index in [2.05, 4.69) is 15.7 Å². The Labute approximate surface area is 168 Å². The van der Waals surface area contributed by atoms with Gasteiger partial charge in [-0.15, -0.1) is 0 Å². The van der Waals surface area contributed by atoms with Gasteiger partial charge in [0.1, 0.15) is 11.6 Å². The van der Waals surface area contributed by atoms with Crippen LogP contribution in [0.15, 0.2) is 29.4 Å². The first-order chi connectivity index (χ1) is 13.5. The number of rotatable bonds is 9. The minimum Gasteiger partial charge on any atom is -0.480 e. The summed E-state index contributed by atoms with van der Waals surface area (Å²) < 4.78 is 5.06. The number of hydrogen-bond donors (Lipinski definition) is 4. The number of nitrogens with one attached hydrogen (secondary N) is 2. The van der Waals surface area contributed by atoms with Crippen molar-refractivity contribution in [3.05, 3.63) is 29.8 Å². The number of carboxylic acids is 1. The molecule has 0 radical (unpaired) electrons. The molecule has 0 spiro atoms. The molecule has 0 unspecified atom stereocenters. The third-order valence-corrected chi connectivity index (χ3v) is 3.42. The number of aliphatic carboxylic acids is 1. The predicted octanol–water partition coefficient (Wildman–Crippen LogP) is 0.999. The third kappa shape index (κ3) is 9.89. The van der Waals surface area contributed by atoms with Crippen LogP contribution >= 0.6 is 0 Å². The molecule has 0 heterocycles. The van der Waals surface area contributed by atoms with Crippen LogP contribution in [0.3, 0.4) is 0 Å². The number of nitrogens with zero attached hydrogens (tertiary/aromatic N) is 1. The van der Waals surface area contributed by atoms with Gasteiger partial charge in [0, 0.05) is 18.5 Å². The van der Waals surface area contributed by atoms with Gasteiger partial charge in [-0.2, -0.15) is 5.10 Å². The van der Waals surface area contributed by atoms with Crippen molar-refractivity contribution in [2.75, 3.05) is 5.32 Å². The number of amides is 2. The maximum Gasteiger partial charge on any atom is 0.326 e. The van der Waals surface area contributed by atoms with Gasteiger partial charge in [-0.25, -0.2) is 4.79 Å². The zero-order valence-corrected chi connectivity index (χ0v) is 16.6. The van der Waals surface area contributed by atoms with Crippen molar-refractivity contribution in [2.45, 2.75) is 51.7 Å². The van der Waals surface area contributed by atoms with Crippen LogP contribution in [0.5, 0.6) is 0 Å². The van der Waals surface area contributed by atoms with Crippen molar-refractivity contribution >= 4 is 35.7 Å². The first-order valence-corrected chi connectivity index (χ1v) is 8.87. The quantitative estimate of drug-likeness (QED) is 0.206. The summed E-state index contributed by atoms with van der Waals surface area (Å²) >= 11 is 0. The van der Waals surface area contributed by atoms with Crippen LogP contribution in [-0.2, 0) is 23.9 Å². The summed E-state index contributed by atoms with van der Waals surface area (Å²) in [5.74, 6) is 1.86. The molecule has 0 bridgehead atoms. The Morgan fingerprint density at radius 1 is 1.14 bits per heavy atom. The topological polar surface area (TPSA) is 160 Å². The van der Waals surface area contributed by atoms with Gasteiger partial charge < -0.3 is 26.3 Å². The second-order valence-electron chi connectivity index (χ2n) is 7.20. The zero-order valence-electron chi connectivity index (χ0n) is 16.6. The fourth-order valence-electron chi connectivity index (χ4n) is 2.21. The van der Waals surface area contributed by atoms with E-state index in [0.29, 0.717) is 5.69 Å². The molecule has 0 aliphatic rings. The molecule has 1 aromatic carbocycles. The number of carbonyl (C=O) groups is 4. The Morgan fingerprint density at radius 2 is 1.72 bits per heavy atom. The van der Waals surface area contributed by atoms with E-state index in [4.69, 9.17) is 10.6 Å². The minimum absolute atomic E-state index is 0.156. The summed E-state index contributed by atoms with van der Waals surface area (Å²) in [6, 6.07) is 5.27. The van der Waals surface area contributed by atoms with E-state index < -0.39 is 41.8 Å². The molecule has 0 fully saturated rings. The van der Waals surface area contributed by atoms with Crippen molar-refractivity contribution in [3.63, 3.8) is 0 Å². The first-order valence-electron chi connectivity index (χ1n) is 8.87. The largest absolute Gasteiger partial charge is 0.480 e. The van der Waals surface area contributed by atoms with Crippen molar-refractivity contribution in [1.29, 1.82) is 0 Å². The highest BCUT2D eigenvalue weighted by molar-refractivity contribution is 5.94. The van der Waals surface area contributed by atoms with Gasteiger partial charge in [0.05, 0.1) is 12.6 Å². The van der Waals surface area contributed by atoms with E-state index in [-0.39, 0.29) is 12.8 Å². The molecule has 1 atom stereocenters. The lowest BCUT2D eigenvalue weighted by Crippen LogP contribution is -2.43. The molecule has 158 valence electrons. The van der Waals surface area contributed by atoms with Gasteiger partial charge in [-0.1, -0.05) is 12.1 Å². The van der Waals surface area contributed by atoms with E-state index >= 15 is 0 Å². The normalized spacial score (nSPS) is 12.2. The van der Waals surface area contributed by atoms with Gasteiger partial charge in [0.15, 0.2) is 0 Å². The maximum absolute atomic E-state index is 12.0. The lowest BCUT2D eigenvalue weighted by atomic mass is 10.1. The molecule has 1 aromatic rings. The number of carbonyl (C=O) groups excluding carboxylic acids is 3. The summed E-state index contributed by atoms with van der Waals surface area (Å²) in [6.07, 6.45) is 0.549. The highest BCUT2D eigenvalue weighted by atomic mass is 16.6. The van der Waals surface area contributed by atoms with E-state index in [1.54, 1.807) is 45.0 Å². The highest BCUT2D eigenvalue weighted by Gasteiger charge is 2.26. The monoisotopic (exact) mass is 406 g/mol. The van der Waals surface area contributed by atoms with Crippen molar-refractivity contribution in [2.24, 2.45) is 10.9 Å². The standard InChI is InChI=1S/C19H26N4O6/c1-19(2,3)29-17(26)10-14(18(27)28)23-16(25)9-8-15(24)22-13-6-4-12(5-7-13)11-21-20/h4-7,11,14H,8-10,20H2,1-3H3,(H,22,24)(H,23,25)(H,27,28)/t14-/m0/s1. The summed E-state index contributed by atoms with van der Waals surface area (Å²) in [4.78, 5) is 47.0. The molecular formula is C19H26N4O6. The lowest BCUT2D eigenvalue weighted by molar-refractivity contribution is -0.158. The Kier molecular flexibility index (Phi) is 8.78. The molecule has 5 N–H and O–H groups in total. The Morgan fingerprint density at radius 3 is 2.24 bits per heavy atom. The van der Waals surface area contributed by atoms with Crippen LogP contribution in [0.1, 0.15) is 45.6 Å². The van der Waals surface area contributed by atoms with E-state index in [0.717, 1.165) is 5.56 Å². The molecule has 0 aromatic heterocycles. The van der Waals surface area contributed by atoms with Crippen LogP contribution < -0.4 is 16.5 Å². The summed E-state index contributed by atoms with van der Waals surface area (Å²) in [6.45, 7) is 4.95. The van der Waals surface area contributed by atoms with Crippen LogP contribution in [0.4, 0.5) is 5.69 Å². The number of esters is 1. The fourth-order valence-corrected chi connectivity index (χ4v) is 2.21. The Balaban J connectivity index is 2.49. The number of benzene rings is 1. The maximum atomic E-state index is 12.0. The van der Waals surface area contributed by atoms with Crippen LogP contribution in [0, 0.1) is 0 Å². The number of nitrogens with two attached hydrogens (primary N) is 1. The van der Waals surface area contributed by atoms with Crippen molar-refractivity contribution in [1.82, 2.24) is 5.32 Å². The van der Waals surface area contributed by atoms with Gasteiger partial charge in [-0.05, 0) is 38.5 Å². The number of anilines is 1. The number of hydrazone groups is 1. The second kappa shape index (κ2) is 10.8. The smallest absolute Gasteiger partial charge is 0.326 e. The van der Waals surface area contributed by atoms with Crippen LogP contribution in [-0.4, -0.2) is 46.7 Å². The lowest BCUT2D eigenvalue weighted by Gasteiger charge is -2.21. The molecule has 29 heavy (non-hydrogen) atoms. The second-order valence-corrected chi connectivity index (χ2v) is 7.20. The summed E-state index contributed by atoms with van der Waals surface area (Å²) in [5.41, 5.74) is 0.518. The van der Waals surface area contributed by atoms with Crippen LogP contribution in [0.25, 0.3) is 0 Å². The molecular weight excluding hydrogens is 380 g/mol. The predicted molar refractivity (Wildman–Crippen MR) is 106 cm³/mol. The molecule has 0 aliphatic heterocycles.